The summed E-state index contributed by atoms with van der Waals surface area (Å²) in [6.07, 6.45) is 4.82. The summed E-state index contributed by atoms with van der Waals surface area (Å²) in [7, 11) is 3.96. The normalized spacial score (nSPS) is 17.1. The summed E-state index contributed by atoms with van der Waals surface area (Å²) in [6.45, 7) is 1.63. The number of rotatable bonds is 6. The maximum Gasteiger partial charge on any atom is 0.260 e. The second-order valence-corrected chi connectivity index (χ2v) is 7.05. The van der Waals surface area contributed by atoms with Crippen molar-refractivity contribution in [1.82, 2.24) is 9.88 Å². The third-order valence-corrected chi connectivity index (χ3v) is 4.76. The quantitative estimate of drug-likeness (QED) is 0.849. The second-order valence-electron chi connectivity index (χ2n) is 7.05. The maximum atomic E-state index is 12.5. The Bertz CT molecular complexity index is 719. The molecule has 0 saturated carbocycles. The fourth-order valence-corrected chi connectivity index (χ4v) is 3.21. The fraction of sp³-hybridized carbons (Fsp3) is 0.429. The van der Waals surface area contributed by atoms with Crippen molar-refractivity contribution in [2.45, 2.75) is 25.3 Å². The summed E-state index contributed by atoms with van der Waals surface area (Å²) < 4.78 is 5.60. The predicted molar refractivity (Wildman–Crippen MR) is 108 cm³/mol. The molecule has 6 nitrogen and oxygen atoms in total. The van der Waals surface area contributed by atoms with Gasteiger partial charge < -0.3 is 19.9 Å². The van der Waals surface area contributed by atoms with E-state index in [1.54, 1.807) is 0 Å². The number of para-hydroxylation sites is 1. The van der Waals surface area contributed by atoms with Crippen LogP contribution in [-0.4, -0.2) is 55.6 Å². The Morgan fingerprint density at radius 2 is 2.00 bits per heavy atom. The third-order valence-electron chi connectivity index (χ3n) is 4.76. The van der Waals surface area contributed by atoms with E-state index in [9.17, 15) is 4.79 Å². The highest BCUT2D eigenvalue weighted by Crippen LogP contribution is 2.18. The SMILES string of the molecule is CN(C)c1ccc(NC2CCCN(C(=O)COc3ccccc3)CC2)cn1. The molecule has 1 fully saturated rings. The monoisotopic (exact) mass is 368 g/mol. The Balaban J connectivity index is 1.47. The zero-order valence-electron chi connectivity index (χ0n) is 16.1. The number of hydrogen-bond donors (Lipinski definition) is 1. The maximum absolute atomic E-state index is 12.5. The zero-order valence-corrected chi connectivity index (χ0v) is 16.1. The number of ether oxygens (including phenoxy) is 1. The van der Waals surface area contributed by atoms with Gasteiger partial charge in [0.15, 0.2) is 6.61 Å². The van der Waals surface area contributed by atoms with E-state index in [0.717, 1.165) is 49.6 Å². The lowest BCUT2D eigenvalue weighted by atomic mass is 10.1. The number of anilines is 2. The van der Waals surface area contributed by atoms with Crippen LogP contribution in [0.25, 0.3) is 0 Å². The molecule has 2 aromatic rings. The van der Waals surface area contributed by atoms with Gasteiger partial charge in [-0.2, -0.15) is 0 Å². The summed E-state index contributed by atoms with van der Waals surface area (Å²) in [5.74, 6) is 1.72. The molecule has 0 spiro atoms. The molecule has 1 N–H and O–H groups in total. The molecule has 0 radical (unpaired) electrons. The highest BCUT2D eigenvalue weighted by Gasteiger charge is 2.21. The van der Waals surface area contributed by atoms with Gasteiger partial charge in [-0.1, -0.05) is 18.2 Å². The largest absolute Gasteiger partial charge is 0.484 e. The number of nitrogens with zero attached hydrogens (tertiary/aromatic N) is 3. The number of likely N-dealkylation sites (tertiary alicyclic amines) is 1. The predicted octanol–water partition coefficient (Wildman–Crippen LogP) is 3.02. The van der Waals surface area contributed by atoms with Crippen molar-refractivity contribution in [2.24, 2.45) is 0 Å². The van der Waals surface area contributed by atoms with Crippen molar-refractivity contribution in [3.8, 4) is 5.75 Å². The van der Waals surface area contributed by atoms with Crippen molar-refractivity contribution in [2.75, 3.05) is 44.0 Å². The van der Waals surface area contributed by atoms with Crippen molar-refractivity contribution in [1.29, 1.82) is 0 Å². The molecule has 144 valence electrons. The summed E-state index contributed by atoms with van der Waals surface area (Å²) in [4.78, 5) is 20.8. The smallest absolute Gasteiger partial charge is 0.260 e. The van der Waals surface area contributed by atoms with Gasteiger partial charge in [0, 0.05) is 33.2 Å². The molecule has 3 rings (SSSR count). The molecule has 1 atom stereocenters. The molecule has 1 unspecified atom stereocenters. The van der Waals surface area contributed by atoms with E-state index in [2.05, 4.69) is 16.4 Å². The number of benzene rings is 1. The molecule has 1 aliphatic heterocycles. The summed E-state index contributed by atoms with van der Waals surface area (Å²) >= 11 is 0. The number of amides is 1. The third kappa shape index (κ3) is 5.61. The molecule has 0 bridgehead atoms. The minimum absolute atomic E-state index is 0.0523. The van der Waals surface area contributed by atoms with Gasteiger partial charge in [-0.3, -0.25) is 4.79 Å². The number of carbonyl (C=O) groups is 1. The van der Waals surface area contributed by atoms with Crippen LogP contribution in [0, 0.1) is 0 Å². The minimum atomic E-state index is 0.0523. The van der Waals surface area contributed by atoms with Gasteiger partial charge in [0.25, 0.3) is 5.91 Å². The number of hydrogen-bond acceptors (Lipinski definition) is 5. The van der Waals surface area contributed by atoms with Crippen LogP contribution in [0.4, 0.5) is 11.5 Å². The van der Waals surface area contributed by atoms with Crippen molar-refractivity contribution < 1.29 is 9.53 Å². The molecule has 6 heteroatoms. The van der Waals surface area contributed by atoms with Crippen molar-refractivity contribution >= 4 is 17.4 Å². The van der Waals surface area contributed by atoms with Gasteiger partial charge in [0.1, 0.15) is 11.6 Å². The molecule has 1 saturated heterocycles. The van der Waals surface area contributed by atoms with E-state index in [1.165, 1.54) is 0 Å². The van der Waals surface area contributed by atoms with E-state index in [0.29, 0.717) is 6.04 Å². The highest BCUT2D eigenvalue weighted by atomic mass is 16.5. The minimum Gasteiger partial charge on any atom is -0.484 e. The van der Waals surface area contributed by atoms with Crippen molar-refractivity contribution in [3.05, 3.63) is 48.7 Å². The molecule has 2 heterocycles. The molecular weight excluding hydrogens is 340 g/mol. The lowest BCUT2D eigenvalue weighted by molar-refractivity contribution is -0.133. The summed E-state index contributed by atoms with van der Waals surface area (Å²) in [5.41, 5.74) is 1.03. The van der Waals surface area contributed by atoms with Crippen LogP contribution < -0.4 is 15.0 Å². The average Bonchev–Trinajstić information content (AvgIpc) is 2.93. The number of carbonyl (C=O) groups excluding carboxylic acids is 1. The highest BCUT2D eigenvalue weighted by molar-refractivity contribution is 5.77. The van der Waals surface area contributed by atoms with Crippen LogP contribution in [0.15, 0.2) is 48.7 Å². The van der Waals surface area contributed by atoms with Gasteiger partial charge in [-0.05, 0) is 43.5 Å². The Morgan fingerprint density at radius 3 is 2.70 bits per heavy atom. The van der Waals surface area contributed by atoms with E-state index in [1.807, 2.05) is 66.5 Å². The molecule has 27 heavy (non-hydrogen) atoms. The Labute approximate surface area is 161 Å². The average molecular weight is 368 g/mol. The first-order chi connectivity index (χ1) is 13.1. The van der Waals surface area contributed by atoms with Gasteiger partial charge in [-0.25, -0.2) is 4.98 Å². The Morgan fingerprint density at radius 1 is 1.19 bits per heavy atom. The van der Waals surface area contributed by atoms with E-state index in [-0.39, 0.29) is 12.5 Å². The van der Waals surface area contributed by atoms with E-state index >= 15 is 0 Å². The lowest BCUT2D eigenvalue weighted by Gasteiger charge is -2.21. The zero-order chi connectivity index (χ0) is 19.1. The van der Waals surface area contributed by atoms with Crippen LogP contribution in [-0.2, 0) is 4.79 Å². The first-order valence-corrected chi connectivity index (χ1v) is 9.47. The van der Waals surface area contributed by atoms with Gasteiger partial charge in [0.2, 0.25) is 0 Å². The van der Waals surface area contributed by atoms with E-state index in [4.69, 9.17) is 4.74 Å². The standard InChI is InChI=1S/C21H28N4O2/c1-24(2)20-11-10-18(15-22-20)23-17-7-6-13-25(14-12-17)21(26)16-27-19-8-4-3-5-9-19/h3-5,8-11,15,17,23H,6-7,12-14,16H2,1-2H3. The lowest BCUT2D eigenvalue weighted by Crippen LogP contribution is -2.36. The Kier molecular flexibility index (Phi) is 6.52. The molecule has 1 aromatic heterocycles. The van der Waals surface area contributed by atoms with Gasteiger partial charge in [0.05, 0.1) is 11.9 Å². The number of nitrogens with one attached hydrogen (secondary N) is 1. The summed E-state index contributed by atoms with van der Waals surface area (Å²) in [6, 6.07) is 13.9. The Hall–Kier alpha value is -2.76. The first-order valence-electron chi connectivity index (χ1n) is 9.47. The van der Waals surface area contributed by atoms with Crippen LogP contribution in [0.3, 0.4) is 0 Å². The van der Waals surface area contributed by atoms with Crippen molar-refractivity contribution in [3.63, 3.8) is 0 Å². The topological polar surface area (TPSA) is 57.7 Å². The number of pyridine rings is 1. The van der Waals surface area contributed by atoms with Gasteiger partial charge in [-0.15, -0.1) is 0 Å². The number of aromatic nitrogens is 1. The van der Waals surface area contributed by atoms with E-state index < -0.39 is 0 Å². The van der Waals surface area contributed by atoms with Crippen LogP contribution in [0.2, 0.25) is 0 Å². The molecule has 1 aliphatic rings. The fourth-order valence-electron chi connectivity index (χ4n) is 3.21. The molecule has 1 amide bonds. The second kappa shape index (κ2) is 9.26. The molecule has 0 aliphatic carbocycles. The first kappa shape index (κ1) is 19.0. The van der Waals surface area contributed by atoms with Crippen LogP contribution >= 0.6 is 0 Å². The molecular formula is C21H28N4O2. The van der Waals surface area contributed by atoms with Crippen LogP contribution in [0.1, 0.15) is 19.3 Å². The van der Waals surface area contributed by atoms with Gasteiger partial charge >= 0.3 is 0 Å². The summed E-state index contributed by atoms with van der Waals surface area (Å²) in [5, 5.41) is 3.55. The van der Waals surface area contributed by atoms with Crippen LogP contribution in [0.5, 0.6) is 5.75 Å². The molecule has 1 aromatic carbocycles.